The molecule has 0 fully saturated rings. The van der Waals surface area contributed by atoms with Crippen LogP contribution in [0.4, 0.5) is 5.69 Å². The molecular weight excluding hydrogens is 489 g/mol. The van der Waals surface area contributed by atoms with Gasteiger partial charge in [-0.1, -0.05) is 54.7 Å². The van der Waals surface area contributed by atoms with Crippen LogP contribution >= 0.6 is 35.4 Å². The van der Waals surface area contributed by atoms with E-state index in [1.807, 2.05) is 19.1 Å². The lowest BCUT2D eigenvalue weighted by molar-refractivity contribution is 0.0977. The van der Waals surface area contributed by atoms with Gasteiger partial charge in [0.2, 0.25) is 0 Å². The van der Waals surface area contributed by atoms with E-state index in [1.54, 1.807) is 35.1 Å². The number of aryl methyl sites for hydroxylation is 2. The van der Waals surface area contributed by atoms with Crippen LogP contribution in [0.5, 0.6) is 0 Å². The van der Waals surface area contributed by atoms with E-state index in [0.29, 0.717) is 32.3 Å². The van der Waals surface area contributed by atoms with Crippen molar-refractivity contribution in [2.75, 3.05) is 5.32 Å². The molecule has 0 spiro atoms. The Hall–Kier alpha value is -3.00. The summed E-state index contributed by atoms with van der Waals surface area (Å²) in [7, 11) is 0. The molecule has 4 aromatic rings. The standard InChI is InChI=1S/C25H23Cl2N5OS/c1-3-4-5-16-7-10-18(11-8-16)32-30-22-13-20(27)21(14-23(22)31-32)28-25(34)29-24(33)17-9-6-15(2)19(26)12-17/h6-14H,3-5H2,1-2H3,(H2,28,29,33,34). The summed E-state index contributed by atoms with van der Waals surface area (Å²) >= 11 is 17.8. The molecule has 9 heteroatoms. The van der Waals surface area contributed by atoms with Gasteiger partial charge in [0.25, 0.3) is 5.91 Å². The predicted octanol–water partition coefficient (Wildman–Crippen LogP) is 6.51. The van der Waals surface area contributed by atoms with Crippen molar-refractivity contribution in [3.8, 4) is 5.69 Å². The van der Waals surface area contributed by atoms with Crippen molar-refractivity contribution < 1.29 is 4.79 Å². The number of benzene rings is 3. The Morgan fingerprint density at radius 3 is 2.38 bits per heavy atom. The highest BCUT2D eigenvalue weighted by Crippen LogP contribution is 2.27. The van der Waals surface area contributed by atoms with E-state index < -0.39 is 0 Å². The van der Waals surface area contributed by atoms with Crippen LogP contribution in [0.1, 0.15) is 41.3 Å². The maximum Gasteiger partial charge on any atom is 0.257 e. The molecule has 0 bridgehead atoms. The third-order valence-electron chi connectivity index (χ3n) is 5.36. The first-order valence-electron chi connectivity index (χ1n) is 10.9. The summed E-state index contributed by atoms with van der Waals surface area (Å²) in [5.74, 6) is -0.370. The Labute approximate surface area is 213 Å². The maximum absolute atomic E-state index is 12.5. The minimum Gasteiger partial charge on any atom is -0.331 e. The van der Waals surface area contributed by atoms with Crippen molar-refractivity contribution >= 4 is 63.2 Å². The second-order valence-corrected chi connectivity index (χ2v) is 9.18. The van der Waals surface area contributed by atoms with Crippen LogP contribution < -0.4 is 10.6 Å². The van der Waals surface area contributed by atoms with Crippen LogP contribution in [0.15, 0.2) is 54.6 Å². The summed E-state index contributed by atoms with van der Waals surface area (Å²) in [6.45, 7) is 4.05. The molecule has 1 aromatic heterocycles. The molecule has 6 nitrogen and oxygen atoms in total. The number of anilines is 1. The Balaban J connectivity index is 1.48. The van der Waals surface area contributed by atoms with E-state index >= 15 is 0 Å². The molecule has 174 valence electrons. The monoisotopic (exact) mass is 511 g/mol. The Morgan fingerprint density at radius 1 is 1.00 bits per heavy atom. The zero-order chi connectivity index (χ0) is 24.2. The Morgan fingerprint density at radius 2 is 1.71 bits per heavy atom. The number of carbonyl (C=O) groups excluding carboxylic acids is 1. The first-order chi connectivity index (χ1) is 16.3. The average molecular weight is 512 g/mol. The normalized spacial score (nSPS) is 10.9. The van der Waals surface area contributed by atoms with Crippen molar-refractivity contribution in [2.45, 2.75) is 33.1 Å². The van der Waals surface area contributed by atoms with Crippen molar-refractivity contribution in [1.29, 1.82) is 0 Å². The molecule has 0 saturated heterocycles. The van der Waals surface area contributed by atoms with Gasteiger partial charge in [-0.05, 0) is 79.5 Å². The average Bonchev–Trinajstić information content (AvgIpc) is 3.22. The molecule has 34 heavy (non-hydrogen) atoms. The number of amides is 1. The number of thiocarbonyl (C=S) groups is 1. The van der Waals surface area contributed by atoms with Crippen molar-refractivity contribution in [3.05, 3.63) is 81.3 Å². The number of carbonyl (C=O) groups is 1. The highest BCUT2D eigenvalue weighted by atomic mass is 35.5. The number of fused-ring (bicyclic) bond motifs is 1. The number of unbranched alkanes of at least 4 members (excludes halogenated alkanes) is 1. The van der Waals surface area contributed by atoms with Gasteiger partial charge in [0.1, 0.15) is 11.0 Å². The SMILES string of the molecule is CCCCc1ccc(-n2nc3cc(Cl)c(NC(=S)NC(=O)c4ccc(C)c(Cl)c4)cc3n2)cc1. The van der Waals surface area contributed by atoms with E-state index in [0.717, 1.165) is 17.7 Å². The van der Waals surface area contributed by atoms with E-state index in [2.05, 4.69) is 39.9 Å². The Bertz CT molecular complexity index is 1370. The fraction of sp³-hybridized carbons (Fsp3) is 0.200. The number of hydrogen-bond acceptors (Lipinski definition) is 4. The molecule has 0 aliphatic carbocycles. The molecule has 4 rings (SSSR count). The number of rotatable bonds is 6. The number of halogens is 2. The lowest BCUT2D eigenvalue weighted by atomic mass is 10.1. The second-order valence-electron chi connectivity index (χ2n) is 7.95. The van der Waals surface area contributed by atoms with Gasteiger partial charge in [-0.2, -0.15) is 4.80 Å². The quantitative estimate of drug-likeness (QED) is 0.289. The third kappa shape index (κ3) is 5.55. The summed E-state index contributed by atoms with van der Waals surface area (Å²) in [6, 6.07) is 16.7. The zero-order valence-corrected chi connectivity index (χ0v) is 21.1. The highest BCUT2D eigenvalue weighted by molar-refractivity contribution is 7.80. The molecule has 0 aliphatic heterocycles. The topological polar surface area (TPSA) is 71.8 Å². The van der Waals surface area contributed by atoms with Gasteiger partial charge in [0.05, 0.1) is 16.4 Å². The van der Waals surface area contributed by atoms with Crippen LogP contribution in [0.3, 0.4) is 0 Å². The smallest absolute Gasteiger partial charge is 0.257 e. The van der Waals surface area contributed by atoms with E-state index in [9.17, 15) is 4.79 Å². The fourth-order valence-electron chi connectivity index (χ4n) is 3.39. The molecular formula is C25H23Cl2N5OS. The summed E-state index contributed by atoms with van der Waals surface area (Å²) in [5.41, 5.74) is 5.26. The number of aromatic nitrogens is 3. The summed E-state index contributed by atoms with van der Waals surface area (Å²) in [6.07, 6.45) is 3.39. The van der Waals surface area contributed by atoms with Crippen LogP contribution in [0, 0.1) is 6.92 Å². The van der Waals surface area contributed by atoms with Crippen molar-refractivity contribution in [2.24, 2.45) is 0 Å². The molecule has 0 radical (unpaired) electrons. The molecule has 1 amide bonds. The number of hydrogen-bond donors (Lipinski definition) is 2. The molecule has 0 atom stereocenters. The zero-order valence-electron chi connectivity index (χ0n) is 18.7. The van der Waals surface area contributed by atoms with E-state index in [4.69, 9.17) is 35.4 Å². The molecule has 0 unspecified atom stereocenters. The van der Waals surface area contributed by atoms with Crippen LogP contribution in [-0.2, 0) is 6.42 Å². The van der Waals surface area contributed by atoms with E-state index in [-0.39, 0.29) is 11.0 Å². The molecule has 1 heterocycles. The summed E-state index contributed by atoms with van der Waals surface area (Å²) < 4.78 is 0. The molecule has 0 aliphatic rings. The fourth-order valence-corrected chi connectivity index (χ4v) is 3.98. The van der Waals surface area contributed by atoms with Gasteiger partial charge in [0, 0.05) is 10.6 Å². The maximum atomic E-state index is 12.5. The van der Waals surface area contributed by atoms with Gasteiger partial charge in [-0.3, -0.25) is 10.1 Å². The van der Waals surface area contributed by atoms with Crippen molar-refractivity contribution in [1.82, 2.24) is 20.3 Å². The van der Waals surface area contributed by atoms with Crippen LogP contribution in [0.2, 0.25) is 10.0 Å². The largest absolute Gasteiger partial charge is 0.331 e. The van der Waals surface area contributed by atoms with Gasteiger partial charge < -0.3 is 5.32 Å². The molecule has 2 N–H and O–H groups in total. The highest BCUT2D eigenvalue weighted by Gasteiger charge is 2.13. The third-order valence-corrected chi connectivity index (χ3v) is 6.29. The molecule has 0 saturated carbocycles. The predicted molar refractivity (Wildman–Crippen MR) is 142 cm³/mol. The minimum absolute atomic E-state index is 0.109. The second kappa shape index (κ2) is 10.5. The lowest BCUT2D eigenvalue weighted by Gasteiger charge is -2.11. The number of nitrogens with zero attached hydrogens (tertiary/aromatic N) is 3. The van der Waals surface area contributed by atoms with E-state index in [1.165, 1.54) is 18.4 Å². The summed E-state index contributed by atoms with van der Waals surface area (Å²) in [5, 5.41) is 15.7. The Kier molecular flexibility index (Phi) is 7.46. The van der Waals surface area contributed by atoms with Gasteiger partial charge >= 0.3 is 0 Å². The van der Waals surface area contributed by atoms with Gasteiger partial charge in [-0.25, -0.2) is 0 Å². The van der Waals surface area contributed by atoms with Gasteiger partial charge in [-0.15, -0.1) is 10.2 Å². The van der Waals surface area contributed by atoms with Crippen LogP contribution in [0.25, 0.3) is 16.7 Å². The van der Waals surface area contributed by atoms with Gasteiger partial charge in [0.15, 0.2) is 5.11 Å². The minimum atomic E-state index is -0.370. The van der Waals surface area contributed by atoms with Crippen molar-refractivity contribution in [3.63, 3.8) is 0 Å². The number of nitrogens with one attached hydrogen (secondary N) is 2. The van der Waals surface area contributed by atoms with Crippen LogP contribution in [-0.4, -0.2) is 26.0 Å². The molecule has 3 aromatic carbocycles. The first-order valence-corrected chi connectivity index (χ1v) is 12.0. The first kappa shape index (κ1) is 24.1. The summed E-state index contributed by atoms with van der Waals surface area (Å²) in [4.78, 5) is 14.1. The lowest BCUT2D eigenvalue weighted by Crippen LogP contribution is -2.34.